The molecule has 1 heterocycles. The van der Waals surface area contributed by atoms with E-state index in [0.717, 1.165) is 23.3 Å². The van der Waals surface area contributed by atoms with Gasteiger partial charge in [0.25, 0.3) is 0 Å². The SMILES string of the molecule is CCCOc1cncc(C(NN)c2ccc(Cl)c(Cl)c2)c1. The predicted octanol–water partition coefficient (Wildman–Crippen LogP) is 3.73. The molecule has 0 aliphatic rings. The third-order valence-electron chi connectivity index (χ3n) is 2.98. The Morgan fingerprint density at radius 3 is 2.67 bits per heavy atom. The Balaban J connectivity index is 2.30. The molecule has 4 nitrogen and oxygen atoms in total. The average molecular weight is 326 g/mol. The van der Waals surface area contributed by atoms with Gasteiger partial charge in [-0.3, -0.25) is 10.8 Å². The van der Waals surface area contributed by atoms with Crippen molar-refractivity contribution in [3.05, 3.63) is 57.8 Å². The highest BCUT2D eigenvalue weighted by Crippen LogP contribution is 2.29. The fourth-order valence-electron chi connectivity index (χ4n) is 1.97. The molecule has 0 aliphatic heterocycles. The van der Waals surface area contributed by atoms with Crippen molar-refractivity contribution >= 4 is 23.2 Å². The Kier molecular flexibility index (Phi) is 5.82. The van der Waals surface area contributed by atoms with Gasteiger partial charge in [0.1, 0.15) is 5.75 Å². The maximum Gasteiger partial charge on any atom is 0.137 e. The van der Waals surface area contributed by atoms with Crippen LogP contribution in [0.1, 0.15) is 30.5 Å². The van der Waals surface area contributed by atoms with E-state index < -0.39 is 0 Å². The van der Waals surface area contributed by atoms with Crippen LogP contribution < -0.4 is 16.0 Å². The first-order chi connectivity index (χ1) is 10.2. The zero-order valence-corrected chi connectivity index (χ0v) is 13.2. The second-order valence-corrected chi connectivity index (χ2v) is 5.39. The zero-order chi connectivity index (χ0) is 15.2. The van der Waals surface area contributed by atoms with Crippen LogP contribution in [0.3, 0.4) is 0 Å². The average Bonchev–Trinajstić information content (AvgIpc) is 2.50. The van der Waals surface area contributed by atoms with E-state index in [0.29, 0.717) is 16.7 Å². The minimum atomic E-state index is -0.238. The van der Waals surface area contributed by atoms with Gasteiger partial charge in [0.05, 0.1) is 28.9 Å². The van der Waals surface area contributed by atoms with Crippen molar-refractivity contribution in [2.45, 2.75) is 19.4 Å². The van der Waals surface area contributed by atoms with Gasteiger partial charge in [-0.1, -0.05) is 36.2 Å². The van der Waals surface area contributed by atoms with Crippen molar-refractivity contribution in [2.24, 2.45) is 5.84 Å². The maximum atomic E-state index is 6.06. The topological polar surface area (TPSA) is 60.2 Å². The molecule has 0 aliphatic carbocycles. The third-order valence-corrected chi connectivity index (χ3v) is 3.72. The van der Waals surface area contributed by atoms with Gasteiger partial charge < -0.3 is 4.74 Å². The molecule has 1 unspecified atom stereocenters. The minimum Gasteiger partial charge on any atom is -0.492 e. The molecule has 21 heavy (non-hydrogen) atoms. The molecular formula is C15H17Cl2N3O. The lowest BCUT2D eigenvalue weighted by Gasteiger charge is -2.18. The quantitative estimate of drug-likeness (QED) is 0.627. The Morgan fingerprint density at radius 1 is 1.19 bits per heavy atom. The molecule has 6 heteroatoms. The lowest BCUT2D eigenvalue weighted by molar-refractivity contribution is 0.315. The number of nitrogens with zero attached hydrogens (tertiary/aromatic N) is 1. The summed E-state index contributed by atoms with van der Waals surface area (Å²) in [4.78, 5) is 4.19. The van der Waals surface area contributed by atoms with E-state index in [1.165, 1.54) is 0 Å². The van der Waals surface area contributed by atoms with Crippen molar-refractivity contribution in [2.75, 3.05) is 6.61 Å². The van der Waals surface area contributed by atoms with Crippen LogP contribution >= 0.6 is 23.2 Å². The number of hydrogen-bond acceptors (Lipinski definition) is 4. The molecule has 2 rings (SSSR count). The van der Waals surface area contributed by atoms with Crippen LogP contribution in [0.4, 0.5) is 0 Å². The summed E-state index contributed by atoms with van der Waals surface area (Å²) < 4.78 is 5.59. The summed E-state index contributed by atoms with van der Waals surface area (Å²) in [5, 5.41) is 0.995. The van der Waals surface area contributed by atoms with Gasteiger partial charge in [-0.25, -0.2) is 5.43 Å². The highest BCUT2D eigenvalue weighted by atomic mass is 35.5. The molecule has 1 aromatic heterocycles. The highest BCUT2D eigenvalue weighted by Gasteiger charge is 2.15. The molecule has 1 aromatic carbocycles. The number of aromatic nitrogens is 1. The van der Waals surface area contributed by atoms with E-state index >= 15 is 0 Å². The number of pyridine rings is 1. The van der Waals surface area contributed by atoms with E-state index in [4.69, 9.17) is 33.8 Å². The van der Waals surface area contributed by atoms with Crippen LogP contribution in [0.25, 0.3) is 0 Å². The molecule has 0 bridgehead atoms. The van der Waals surface area contributed by atoms with E-state index in [2.05, 4.69) is 17.3 Å². The standard InChI is InChI=1S/C15H17Cl2N3O/c1-2-5-21-12-6-11(8-19-9-12)15(20-18)10-3-4-13(16)14(17)7-10/h3-4,6-9,15,20H,2,5,18H2,1H3. The lowest BCUT2D eigenvalue weighted by Crippen LogP contribution is -2.29. The largest absolute Gasteiger partial charge is 0.492 e. The monoisotopic (exact) mass is 325 g/mol. The number of nitrogens with one attached hydrogen (secondary N) is 1. The molecule has 112 valence electrons. The van der Waals surface area contributed by atoms with E-state index in [1.54, 1.807) is 24.5 Å². The molecule has 1 atom stereocenters. The van der Waals surface area contributed by atoms with Crippen molar-refractivity contribution < 1.29 is 4.74 Å². The molecule has 3 N–H and O–H groups in total. The lowest BCUT2D eigenvalue weighted by atomic mass is 10.0. The molecule has 0 amide bonds. The summed E-state index contributed by atoms with van der Waals surface area (Å²) in [5.74, 6) is 6.40. The maximum absolute atomic E-state index is 6.06. The summed E-state index contributed by atoms with van der Waals surface area (Å²) in [5.41, 5.74) is 4.56. The smallest absolute Gasteiger partial charge is 0.137 e. The summed E-state index contributed by atoms with van der Waals surface area (Å²) in [6.07, 6.45) is 4.36. The molecular weight excluding hydrogens is 309 g/mol. The van der Waals surface area contributed by atoms with Crippen LogP contribution in [0.2, 0.25) is 10.0 Å². The zero-order valence-electron chi connectivity index (χ0n) is 11.6. The summed E-state index contributed by atoms with van der Waals surface area (Å²) in [6.45, 7) is 2.70. The Labute approximate surface area is 134 Å². The molecule has 0 radical (unpaired) electrons. The normalized spacial score (nSPS) is 12.2. The second kappa shape index (κ2) is 7.61. The Bertz CT molecular complexity index is 607. The minimum absolute atomic E-state index is 0.238. The van der Waals surface area contributed by atoms with Crippen molar-refractivity contribution in [1.29, 1.82) is 0 Å². The first-order valence-electron chi connectivity index (χ1n) is 6.64. The van der Waals surface area contributed by atoms with Crippen LogP contribution in [0.15, 0.2) is 36.7 Å². The number of rotatable bonds is 6. The number of halogens is 2. The van der Waals surface area contributed by atoms with Crippen LogP contribution in [0.5, 0.6) is 5.75 Å². The molecule has 0 saturated carbocycles. The third kappa shape index (κ3) is 4.08. The summed E-state index contributed by atoms with van der Waals surface area (Å²) >= 11 is 12.0. The second-order valence-electron chi connectivity index (χ2n) is 4.58. The van der Waals surface area contributed by atoms with Crippen LogP contribution in [0, 0.1) is 0 Å². The fourth-order valence-corrected chi connectivity index (χ4v) is 2.28. The number of nitrogens with two attached hydrogens (primary N) is 1. The number of ether oxygens (including phenoxy) is 1. The number of benzene rings is 1. The van der Waals surface area contributed by atoms with E-state index in [-0.39, 0.29) is 6.04 Å². The van der Waals surface area contributed by atoms with Gasteiger partial charge in [-0.15, -0.1) is 0 Å². The highest BCUT2D eigenvalue weighted by molar-refractivity contribution is 6.42. The molecule has 0 fully saturated rings. The van der Waals surface area contributed by atoms with E-state index in [9.17, 15) is 0 Å². The van der Waals surface area contributed by atoms with Crippen molar-refractivity contribution in [3.63, 3.8) is 0 Å². The first-order valence-corrected chi connectivity index (χ1v) is 7.40. The molecule has 2 aromatic rings. The van der Waals surface area contributed by atoms with E-state index in [1.807, 2.05) is 12.1 Å². The van der Waals surface area contributed by atoms with Crippen molar-refractivity contribution in [3.8, 4) is 5.75 Å². The Hall–Kier alpha value is -1.33. The van der Waals surface area contributed by atoms with Gasteiger partial charge in [-0.2, -0.15) is 0 Å². The van der Waals surface area contributed by atoms with Crippen LogP contribution in [-0.2, 0) is 0 Å². The summed E-state index contributed by atoms with van der Waals surface area (Å²) in [7, 11) is 0. The van der Waals surface area contributed by atoms with Gasteiger partial charge in [0.15, 0.2) is 0 Å². The molecule has 0 saturated heterocycles. The predicted molar refractivity (Wildman–Crippen MR) is 85.7 cm³/mol. The first kappa shape index (κ1) is 16.0. The van der Waals surface area contributed by atoms with Crippen molar-refractivity contribution in [1.82, 2.24) is 10.4 Å². The summed E-state index contributed by atoms with van der Waals surface area (Å²) in [6, 6.07) is 7.08. The Morgan fingerprint density at radius 2 is 2.00 bits per heavy atom. The van der Waals surface area contributed by atoms with Crippen LogP contribution in [-0.4, -0.2) is 11.6 Å². The van der Waals surface area contributed by atoms with Gasteiger partial charge in [-0.05, 0) is 35.7 Å². The van der Waals surface area contributed by atoms with Gasteiger partial charge >= 0.3 is 0 Å². The number of hydrazine groups is 1. The fraction of sp³-hybridized carbons (Fsp3) is 0.267. The number of hydrogen-bond donors (Lipinski definition) is 2. The van der Waals surface area contributed by atoms with Gasteiger partial charge in [0, 0.05) is 6.20 Å². The molecule has 0 spiro atoms. The van der Waals surface area contributed by atoms with Gasteiger partial charge in [0.2, 0.25) is 0 Å².